The predicted octanol–water partition coefficient (Wildman–Crippen LogP) is 3.35. The fourth-order valence-electron chi connectivity index (χ4n) is 1.52. The maximum atomic E-state index is 11.8. The molecule has 0 bridgehead atoms. The lowest BCUT2D eigenvalue weighted by molar-refractivity contribution is -0.116. The number of benzene rings is 1. The van der Waals surface area contributed by atoms with Crippen LogP contribution in [-0.4, -0.2) is 28.1 Å². The number of carbonyl (C=O) groups excluding carboxylic acids is 1. The van der Waals surface area contributed by atoms with Gasteiger partial charge >= 0.3 is 0 Å². The number of nitrogens with zero attached hydrogens (tertiary/aromatic N) is 2. The van der Waals surface area contributed by atoms with Gasteiger partial charge in [0.05, 0.1) is 0 Å². The van der Waals surface area contributed by atoms with Crippen molar-refractivity contribution in [2.24, 2.45) is 0 Å². The lowest BCUT2D eigenvalue weighted by Crippen LogP contribution is -2.11. The fourth-order valence-corrected chi connectivity index (χ4v) is 3.97. The zero-order valence-corrected chi connectivity index (χ0v) is 14.0. The van der Waals surface area contributed by atoms with Crippen LogP contribution in [0.3, 0.4) is 0 Å². The number of nitrogen functional groups attached to an aromatic ring is 1. The third kappa shape index (κ3) is 5.56. The number of amides is 1. The molecule has 0 fully saturated rings. The molecule has 5 nitrogen and oxygen atoms in total. The normalized spacial score (nSPS) is 10.5. The molecule has 0 saturated carbocycles. The first-order chi connectivity index (χ1) is 10.2. The Bertz CT molecular complexity index is 585. The molecular weight excluding hydrogens is 324 g/mol. The highest BCUT2D eigenvalue weighted by molar-refractivity contribution is 8.02. The van der Waals surface area contributed by atoms with Gasteiger partial charge in [0.1, 0.15) is 0 Å². The highest BCUT2D eigenvalue weighted by Gasteiger charge is 2.05. The molecule has 0 radical (unpaired) electrons. The van der Waals surface area contributed by atoms with Crippen molar-refractivity contribution in [3.05, 3.63) is 24.3 Å². The third-order valence-electron chi connectivity index (χ3n) is 2.53. The van der Waals surface area contributed by atoms with E-state index in [9.17, 15) is 4.79 Å². The summed E-state index contributed by atoms with van der Waals surface area (Å²) in [5, 5.41) is 11.0. The minimum atomic E-state index is 0.0161. The van der Waals surface area contributed by atoms with Crippen LogP contribution in [0.5, 0.6) is 0 Å². The zero-order chi connectivity index (χ0) is 15.1. The van der Waals surface area contributed by atoms with Crippen LogP contribution in [0.1, 0.15) is 12.8 Å². The van der Waals surface area contributed by atoms with Crippen molar-refractivity contribution >= 4 is 52.1 Å². The molecule has 2 aromatic rings. The SMILES string of the molecule is CSc1nnc(SCCCC(=O)Nc2ccc(N)cc2)s1. The van der Waals surface area contributed by atoms with Crippen LogP contribution >= 0.6 is 34.9 Å². The quantitative estimate of drug-likeness (QED) is 0.457. The van der Waals surface area contributed by atoms with Crippen LogP contribution in [0.15, 0.2) is 32.9 Å². The first-order valence-corrected chi connectivity index (χ1v) is 9.36. The second kappa shape index (κ2) is 8.26. The number of hydrogen-bond donors (Lipinski definition) is 2. The molecule has 112 valence electrons. The van der Waals surface area contributed by atoms with Crippen molar-refractivity contribution in [1.29, 1.82) is 0 Å². The van der Waals surface area contributed by atoms with Crippen molar-refractivity contribution in [2.75, 3.05) is 23.1 Å². The Morgan fingerprint density at radius 1 is 1.29 bits per heavy atom. The molecule has 1 heterocycles. The number of carbonyl (C=O) groups is 1. The van der Waals surface area contributed by atoms with Crippen LogP contribution < -0.4 is 11.1 Å². The Morgan fingerprint density at radius 2 is 2.00 bits per heavy atom. The van der Waals surface area contributed by atoms with Crippen molar-refractivity contribution in [3.63, 3.8) is 0 Å². The molecule has 8 heteroatoms. The van der Waals surface area contributed by atoms with Gasteiger partial charge < -0.3 is 11.1 Å². The van der Waals surface area contributed by atoms with E-state index in [0.717, 1.165) is 26.5 Å². The minimum absolute atomic E-state index is 0.0161. The molecular formula is C13H16N4OS3. The first-order valence-electron chi connectivity index (χ1n) is 6.33. The summed E-state index contributed by atoms with van der Waals surface area (Å²) in [6.45, 7) is 0. The summed E-state index contributed by atoms with van der Waals surface area (Å²) in [5.74, 6) is 0.875. The maximum absolute atomic E-state index is 11.8. The molecule has 3 N–H and O–H groups in total. The van der Waals surface area contributed by atoms with Crippen molar-refractivity contribution < 1.29 is 4.79 Å². The lowest BCUT2D eigenvalue weighted by Gasteiger charge is -2.05. The molecule has 0 aliphatic rings. The standard InChI is InChI=1S/C13H16N4OS3/c1-19-12-16-17-13(21-12)20-8-2-3-11(18)15-10-6-4-9(14)5-7-10/h4-7H,2-3,8,14H2,1H3,(H,15,18). The zero-order valence-electron chi connectivity index (χ0n) is 11.5. The number of aromatic nitrogens is 2. The molecule has 0 spiro atoms. The number of nitrogens with one attached hydrogen (secondary N) is 1. The van der Waals surface area contributed by atoms with Gasteiger partial charge in [-0.15, -0.1) is 10.2 Å². The topological polar surface area (TPSA) is 80.9 Å². The Balaban J connectivity index is 1.66. The number of anilines is 2. The van der Waals surface area contributed by atoms with Crippen molar-refractivity contribution in [1.82, 2.24) is 10.2 Å². The van der Waals surface area contributed by atoms with E-state index >= 15 is 0 Å². The van der Waals surface area contributed by atoms with Crippen LogP contribution in [0.2, 0.25) is 0 Å². The molecule has 0 aliphatic carbocycles. The van der Waals surface area contributed by atoms with E-state index in [0.29, 0.717) is 12.1 Å². The van der Waals surface area contributed by atoms with E-state index in [-0.39, 0.29) is 5.91 Å². The van der Waals surface area contributed by atoms with Crippen molar-refractivity contribution in [2.45, 2.75) is 21.5 Å². The lowest BCUT2D eigenvalue weighted by atomic mass is 10.2. The molecule has 1 aromatic heterocycles. The molecule has 0 saturated heterocycles. The van der Waals surface area contributed by atoms with Gasteiger partial charge in [-0.05, 0) is 36.9 Å². The highest BCUT2D eigenvalue weighted by atomic mass is 32.2. The Hall–Kier alpha value is -1.25. The van der Waals surface area contributed by atoms with Gasteiger partial charge in [0, 0.05) is 23.5 Å². The molecule has 0 unspecified atom stereocenters. The summed E-state index contributed by atoms with van der Waals surface area (Å²) in [4.78, 5) is 11.8. The van der Waals surface area contributed by atoms with E-state index in [1.807, 2.05) is 6.26 Å². The number of nitrogens with two attached hydrogens (primary N) is 1. The van der Waals surface area contributed by atoms with E-state index in [1.165, 1.54) is 0 Å². The molecule has 1 amide bonds. The average Bonchev–Trinajstić information content (AvgIpc) is 2.94. The summed E-state index contributed by atoms with van der Waals surface area (Å²) < 4.78 is 1.93. The molecule has 2 rings (SSSR count). The largest absolute Gasteiger partial charge is 0.399 e. The molecule has 0 aliphatic heterocycles. The van der Waals surface area contributed by atoms with Gasteiger partial charge in [-0.3, -0.25) is 4.79 Å². The Labute approximate surface area is 136 Å². The van der Waals surface area contributed by atoms with Crippen LogP contribution in [0.25, 0.3) is 0 Å². The number of thioether (sulfide) groups is 2. The summed E-state index contributed by atoms with van der Waals surface area (Å²) in [6, 6.07) is 7.13. The van der Waals surface area contributed by atoms with Gasteiger partial charge in [-0.1, -0.05) is 34.9 Å². The van der Waals surface area contributed by atoms with Gasteiger partial charge in [0.2, 0.25) is 5.91 Å². The third-order valence-corrected chi connectivity index (χ3v) is 5.65. The average molecular weight is 340 g/mol. The Kier molecular flexibility index (Phi) is 6.34. The molecule has 0 atom stereocenters. The minimum Gasteiger partial charge on any atom is -0.399 e. The van der Waals surface area contributed by atoms with E-state index < -0.39 is 0 Å². The fraction of sp³-hybridized carbons (Fsp3) is 0.308. The smallest absolute Gasteiger partial charge is 0.224 e. The maximum Gasteiger partial charge on any atom is 0.224 e. The Morgan fingerprint density at radius 3 is 2.67 bits per heavy atom. The number of hydrogen-bond acceptors (Lipinski definition) is 7. The summed E-state index contributed by atoms with van der Waals surface area (Å²) >= 11 is 4.82. The van der Waals surface area contributed by atoms with E-state index in [4.69, 9.17) is 5.73 Å². The number of rotatable bonds is 7. The van der Waals surface area contributed by atoms with Gasteiger partial charge in [0.15, 0.2) is 8.68 Å². The summed E-state index contributed by atoms with van der Waals surface area (Å²) in [5.41, 5.74) is 7.06. The monoisotopic (exact) mass is 340 g/mol. The van der Waals surface area contributed by atoms with Crippen LogP contribution in [-0.2, 0) is 4.79 Å². The van der Waals surface area contributed by atoms with Gasteiger partial charge in [0.25, 0.3) is 0 Å². The van der Waals surface area contributed by atoms with Gasteiger partial charge in [-0.2, -0.15) is 0 Å². The molecule has 1 aromatic carbocycles. The van der Waals surface area contributed by atoms with Gasteiger partial charge in [-0.25, -0.2) is 0 Å². The van der Waals surface area contributed by atoms with Crippen LogP contribution in [0, 0.1) is 0 Å². The van der Waals surface area contributed by atoms with E-state index in [2.05, 4.69) is 15.5 Å². The van der Waals surface area contributed by atoms with E-state index in [1.54, 1.807) is 59.1 Å². The second-order valence-electron chi connectivity index (χ2n) is 4.16. The van der Waals surface area contributed by atoms with Crippen LogP contribution in [0.4, 0.5) is 11.4 Å². The first kappa shape index (κ1) is 16.1. The summed E-state index contributed by atoms with van der Waals surface area (Å²) in [7, 11) is 0. The second-order valence-corrected chi connectivity index (χ2v) is 7.53. The predicted molar refractivity (Wildman–Crippen MR) is 91.1 cm³/mol. The van der Waals surface area contributed by atoms with Crippen molar-refractivity contribution in [3.8, 4) is 0 Å². The molecule has 21 heavy (non-hydrogen) atoms. The highest BCUT2D eigenvalue weighted by Crippen LogP contribution is 2.27. The summed E-state index contributed by atoms with van der Waals surface area (Å²) in [6.07, 6.45) is 3.28.